The minimum Gasteiger partial charge on any atom is -0.367 e. The summed E-state index contributed by atoms with van der Waals surface area (Å²) in [6, 6.07) is 0.834. The first-order valence-corrected chi connectivity index (χ1v) is 6.28. The quantitative estimate of drug-likeness (QED) is 0.841. The Morgan fingerprint density at radius 1 is 1.41 bits per heavy atom. The predicted octanol–water partition coefficient (Wildman–Crippen LogP) is 3.57. The Morgan fingerprint density at radius 2 is 2.24 bits per heavy atom. The van der Waals surface area contributed by atoms with Crippen LogP contribution in [0.15, 0.2) is 12.3 Å². The number of aromatic nitrogens is 1. The van der Waals surface area contributed by atoms with Crippen LogP contribution >= 0.6 is 11.6 Å². The monoisotopic (exact) mass is 260 g/mol. The van der Waals surface area contributed by atoms with Gasteiger partial charge in [0.1, 0.15) is 5.82 Å². The largest absolute Gasteiger partial charge is 0.367 e. The fourth-order valence-corrected chi connectivity index (χ4v) is 2.60. The molecule has 2 atom stereocenters. The van der Waals surface area contributed by atoms with E-state index in [2.05, 4.69) is 10.3 Å². The van der Waals surface area contributed by atoms with Crippen LogP contribution in [0.3, 0.4) is 0 Å². The minimum absolute atomic E-state index is 0.114. The van der Waals surface area contributed by atoms with E-state index in [0.717, 1.165) is 37.9 Å². The summed E-state index contributed by atoms with van der Waals surface area (Å²) in [6.07, 6.45) is 5.22. The van der Waals surface area contributed by atoms with Crippen LogP contribution in [0.5, 0.6) is 0 Å². The molecule has 1 saturated carbocycles. The van der Waals surface area contributed by atoms with Crippen molar-refractivity contribution in [1.82, 2.24) is 4.98 Å². The number of alkyl halides is 1. The van der Waals surface area contributed by atoms with Gasteiger partial charge in [0, 0.05) is 18.0 Å². The normalized spacial score (nSPS) is 24.6. The minimum atomic E-state index is -0.661. The number of halogens is 3. The molecule has 0 spiro atoms. The number of hydrogen-bond donors (Lipinski definition) is 1. The summed E-state index contributed by atoms with van der Waals surface area (Å²) in [6.45, 7) is 0.638. The molecule has 94 valence electrons. The second-order valence-electron chi connectivity index (χ2n) is 4.49. The zero-order valence-corrected chi connectivity index (χ0v) is 10.2. The summed E-state index contributed by atoms with van der Waals surface area (Å²) in [7, 11) is 0. The first-order chi connectivity index (χ1) is 8.15. The zero-order chi connectivity index (χ0) is 12.3. The van der Waals surface area contributed by atoms with E-state index in [9.17, 15) is 8.78 Å². The molecule has 1 aromatic heterocycles. The maximum absolute atomic E-state index is 13.3. The van der Waals surface area contributed by atoms with Crippen molar-refractivity contribution in [2.75, 3.05) is 11.9 Å². The number of hydrogen-bond acceptors (Lipinski definition) is 2. The van der Waals surface area contributed by atoms with Crippen molar-refractivity contribution in [2.24, 2.45) is 5.92 Å². The number of nitrogens with one attached hydrogen (secondary N) is 1. The molecular formula is C12H15ClF2N2. The first kappa shape index (κ1) is 12.6. The summed E-state index contributed by atoms with van der Waals surface area (Å²) in [5.74, 6) is -0.754. The molecule has 1 aliphatic rings. The maximum Gasteiger partial charge on any atom is 0.168 e. The lowest BCUT2D eigenvalue weighted by molar-refractivity contribution is 0.378. The molecule has 0 bridgehead atoms. The fraction of sp³-hybridized carbons (Fsp3) is 0.583. The third kappa shape index (κ3) is 3.53. The number of rotatable bonds is 3. The first-order valence-electron chi connectivity index (χ1n) is 5.84. The molecule has 2 unspecified atom stereocenters. The van der Waals surface area contributed by atoms with E-state index in [4.69, 9.17) is 11.6 Å². The van der Waals surface area contributed by atoms with E-state index < -0.39 is 11.6 Å². The summed E-state index contributed by atoms with van der Waals surface area (Å²) in [5, 5.41) is 3.14. The van der Waals surface area contributed by atoms with Crippen molar-refractivity contribution in [3.05, 3.63) is 23.9 Å². The Bertz CT molecular complexity index is 387. The predicted molar refractivity (Wildman–Crippen MR) is 64.2 cm³/mol. The molecule has 1 aliphatic carbocycles. The molecule has 2 rings (SSSR count). The van der Waals surface area contributed by atoms with Crippen molar-refractivity contribution in [3.8, 4) is 0 Å². The van der Waals surface area contributed by atoms with E-state index in [-0.39, 0.29) is 11.2 Å². The highest BCUT2D eigenvalue weighted by atomic mass is 35.5. The number of nitrogens with zero attached hydrogens (tertiary/aromatic N) is 1. The van der Waals surface area contributed by atoms with Gasteiger partial charge in [0.2, 0.25) is 0 Å². The van der Waals surface area contributed by atoms with E-state index in [1.54, 1.807) is 0 Å². The zero-order valence-electron chi connectivity index (χ0n) is 9.43. The SMILES string of the molecule is Fc1cnc(NCC2CCCC(Cl)C2)c(F)c1. The smallest absolute Gasteiger partial charge is 0.168 e. The van der Waals surface area contributed by atoms with Crippen LogP contribution in [-0.2, 0) is 0 Å². The van der Waals surface area contributed by atoms with Gasteiger partial charge < -0.3 is 5.32 Å². The lowest BCUT2D eigenvalue weighted by atomic mass is 9.89. The van der Waals surface area contributed by atoms with E-state index >= 15 is 0 Å². The lowest BCUT2D eigenvalue weighted by Crippen LogP contribution is -2.23. The van der Waals surface area contributed by atoms with Gasteiger partial charge in [0.05, 0.1) is 6.20 Å². The Kier molecular flexibility index (Phi) is 4.15. The third-order valence-electron chi connectivity index (χ3n) is 3.08. The molecule has 17 heavy (non-hydrogen) atoms. The second-order valence-corrected chi connectivity index (χ2v) is 5.11. The topological polar surface area (TPSA) is 24.9 Å². The Labute approximate surface area is 104 Å². The highest BCUT2D eigenvalue weighted by Gasteiger charge is 2.20. The van der Waals surface area contributed by atoms with Crippen LogP contribution < -0.4 is 5.32 Å². The average molecular weight is 261 g/mol. The van der Waals surface area contributed by atoms with Gasteiger partial charge in [-0.2, -0.15) is 0 Å². The summed E-state index contributed by atoms with van der Waals surface area (Å²) in [4.78, 5) is 3.69. The van der Waals surface area contributed by atoms with Crippen LogP contribution in [-0.4, -0.2) is 16.9 Å². The molecule has 1 heterocycles. The molecule has 0 aliphatic heterocycles. The fourth-order valence-electron chi connectivity index (χ4n) is 2.20. The van der Waals surface area contributed by atoms with Gasteiger partial charge in [0.15, 0.2) is 11.6 Å². The average Bonchev–Trinajstić information content (AvgIpc) is 2.28. The molecule has 5 heteroatoms. The van der Waals surface area contributed by atoms with Gasteiger partial charge >= 0.3 is 0 Å². The van der Waals surface area contributed by atoms with Crippen LogP contribution in [0.2, 0.25) is 0 Å². The van der Waals surface area contributed by atoms with Crippen LogP contribution in [0.25, 0.3) is 0 Å². The van der Waals surface area contributed by atoms with Crippen molar-refractivity contribution >= 4 is 17.4 Å². The summed E-state index contributed by atoms with van der Waals surface area (Å²) >= 11 is 6.08. The molecule has 0 radical (unpaired) electrons. The van der Waals surface area contributed by atoms with E-state index in [0.29, 0.717) is 12.5 Å². The molecule has 1 fully saturated rings. The van der Waals surface area contributed by atoms with Gasteiger partial charge in [0.25, 0.3) is 0 Å². The van der Waals surface area contributed by atoms with Crippen LogP contribution in [0, 0.1) is 17.6 Å². The Morgan fingerprint density at radius 3 is 2.94 bits per heavy atom. The van der Waals surface area contributed by atoms with Gasteiger partial charge in [-0.3, -0.25) is 0 Å². The van der Waals surface area contributed by atoms with E-state index in [1.165, 1.54) is 0 Å². The van der Waals surface area contributed by atoms with Gasteiger partial charge in [-0.1, -0.05) is 6.42 Å². The maximum atomic E-state index is 13.3. The molecule has 0 saturated heterocycles. The van der Waals surface area contributed by atoms with Crippen molar-refractivity contribution in [1.29, 1.82) is 0 Å². The van der Waals surface area contributed by atoms with Crippen molar-refractivity contribution in [2.45, 2.75) is 31.1 Å². The summed E-state index contributed by atoms with van der Waals surface area (Å²) < 4.78 is 25.9. The van der Waals surface area contributed by atoms with Gasteiger partial charge in [-0.25, -0.2) is 13.8 Å². The Hall–Kier alpha value is -0.900. The molecular weight excluding hydrogens is 246 g/mol. The molecule has 0 aromatic carbocycles. The van der Waals surface area contributed by atoms with Gasteiger partial charge in [-0.15, -0.1) is 11.6 Å². The van der Waals surface area contributed by atoms with Crippen molar-refractivity contribution < 1.29 is 8.78 Å². The van der Waals surface area contributed by atoms with Crippen LogP contribution in [0.1, 0.15) is 25.7 Å². The molecule has 1 aromatic rings. The number of pyridine rings is 1. The second kappa shape index (κ2) is 5.63. The van der Waals surface area contributed by atoms with E-state index in [1.807, 2.05) is 0 Å². The molecule has 2 nitrogen and oxygen atoms in total. The summed E-state index contributed by atoms with van der Waals surface area (Å²) in [5.41, 5.74) is 0. The van der Waals surface area contributed by atoms with Gasteiger partial charge in [-0.05, 0) is 25.2 Å². The highest BCUT2D eigenvalue weighted by Crippen LogP contribution is 2.28. The standard InChI is InChI=1S/C12H15ClF2N2/c13-9-3-1-2-8(4-9)6-16-12-11(15)5-10(14)7-17-12/h5,7-9H,1-4,6H2,(H,16,17). The Balaban J connectivity index is 1.88. The van der Waals surface area contributed by atoms with Crippen LogP contribution in [0.4, 0.5) is 14.6 Å². The third-order valence-corrected chi connectivity index (χ3v) is 3.48. The number of anilines is 1. The van der Waals surface area contributed by atoms with Crippen molar-refractivity contribution in [3.63, 3.8) is 0 Å². The molecule has 1 N–H and O–H groups in total. The lowest BCUT2D eigenvalue weighted by Gasteiger charge is -2.25. The highest BCUT2D eigenvalue weighted by molar-refractivity contribution is 6.20. The molecule has 0 amide bonds.